The zero-order valence-electron chi connectivity index (χ0n) is 17.8. The van der Waals surface area contributed by atoms with Crippen LogP contribution in [0.15, 0.2) is 52.1 Å². The van der Waals surface area contributed by atoms with Crippen LogP contribution in [0.5, 0.6) is 0 Å². The van der Waals surface area contributed by atoms with E-state index >= 15 is 0 Å². The number of nitrogens with zero attached hydrogens (tertiary/aromatic N) is 4. The second-order valence-electron chi connectivity index (χ2n) is 7.37. The van der Waals surface area contributed by atoms with Crippen LogP contribution in [0.4, 0.5) is 5.69 Å². The van der Waals surface area contributed by atoms with Gasteiger partial charge in [-0.1, -0.05) is 12.1 Å². The number of piperazine rings is 1. The number of furan rings is 1. The van der Waals surface area contributed by atoms with E-state index in [9.17, 15) is 14.9 Å². The van der Waals surface area contributed by atoms with Crippen LogP contribution in [0, 0.1) is 10.1 Å². The van der Waals surface area contributed by atoms with Crippen molar-refractivity contribution in [2.24, 2.45) is 4.99 Å². The molecule has 1 aliphatic heterocycles. The van der Waals surface area contributed by atoms with Gasteiger partial charge in [0, 0.05) is 51.4 Å². The summed E-state index contributed by atoms with van der Waals surface area (Å²) in [5.74, 6) is 1.18. The SMILES string of the molecule is CCNC(=NCCCCc1ccc([N+](=O)[O-])cc1)N1CCN(C(=O)c2ccco2)CC1. The second-order valence-corrected chi connectivity index (χ2v) is 7.37. The fourth-order valence-electron chi connectivity index (χ4n) is 3.51. The molecule has 1 N–H and O–H groups in total. The standard InChI is InChI=1S/C22H29N5O4/c1-2-23-22(24-12-4-3-6-18-8-10-19(11-9-18)27(29)30)26-15-13-25(14-16-26)21(28)20-7-5-17-31-20/h5,7-11,17H,2-4,6,12-16H2,1H3,(H,23,24). The molecule has 31 heavy (non-hydrogen) atoms. The van der Waals surface area contributed by atoms with E-state index in [0.29, 0.717) is 25.4 Å². The first-order valence-electron chi connectivity index (χ1n) is 10.7. The highest BCUT2D eigenvalue weighted by Crippen LogP contribution is 2.14. The Morgan fingerprint density at radius 1 is 1.13 bits per heavy atom. The Hall–Kier alpha value is -3.36. The molecule has 1 saturated heterocycles. The highest BCUT2D eigenvalue weighted by Gasteiger charge is 2.25. The summed E-state index contributed by atoms with van der Waals surface area (Å²) < 4.78 is 5.21. The van der Waals surface area contributed by atoms with Crippen LogP contribution in [0.2, 0.25) is 0 Å². The molecule has 0 bridgehead atoms. The van der Waals surface area contributed by atoms with Crippen molar-refractivity contribution in [1.82, 2.24) is 15.1 Å². The summed E-state index contributed by atoms with van der Waals surface area (Å²) in [6, 6.07) is 10.1. The molecule has 0 spiro atoms. The Labute approximate surface area is 181 Å². The van der Waals surface area contributed by atoms with Gasteiger partial charge in [0.05, 0.1) is 11.2 Å². The molecule has 2 heterocycles. The van der Waals surface area contributed by atoms with Crippen LogP contribution in [0.3, 0.4) is 0 Å². The third-order valence-corrected chi connectivity index (χ3v) is 5.22. The molecule has 9 nitrogen and oxygen atoms in total. The second kappa shape index (κ2) is 11.1. The van der Waals surface area contributed by atoms with Gasteiger partial charge in [-0.25, -0.2) is 0 Å². The molecule has 1 aromatic heterocycles. The van der Waals surface area contributed by atoms with Crippen molar-refractivity contribution >= 4 is 17.6 Å². The number of rotatable bonds is 8. The minimum Gasteiger partial charge on any atom is -0.459 e. The Morgan fingerprint density at radius 3 is 2.45 bits per heavy atom. The average Bonchev–Trinajstić information content (AvgIpc) is 3.33. The van der Waals surface area contributed by atoms with Gasteiger partial charge in [-0.2, -0.15) is 0 Å². The van der Waals surface area contributed by atoms with Crippen LogP contribution >= 0.6 is 0 Å². The molecule has 3 rings (SSSR count). The van der Waals surface area contributed by atoms with E-state index in [2.05, 4.69) is 10.2 Å². The van der Waals surface area contributed by atoms with Gasteiger partial charge in [0.2, 0.25) is 0 Å². The van der Waals surface area contributed by atoms with Crippen molar-refractivity contribution in [3.63, 3.8) is 0 Å². The van der Waals surface area contributed by atoms with Crippen molar-refractivity contribution < 1.29 is 14.1 Å². The van der Waals surface area contributed by atoms with E-state index in [1.165, 1.54) is 6.26 Å². The number of nitrogens with one attached hydrogen (secondary N) is 1. The Bertz CT molecular complexity index is 872. The fraction of sp³-hybridized carbons (Fsp3) is 0.455. The van der Waals surface area contributed by atoms with Crippen LogP contribution in [0.1, 0.15) is 35.9 Å². The molecule has 1 aliphatic rings. The summed E-state index contributed by atoms with van der Waals surface area (Å²) in [5.41, 5.74) is 1.22. The maximum atomic E-state index is 12.4. The lowest BCUT2D eigenvalue weighted by Crippen LogP contribution is -2.53. The largest absolute Gasteiger partial charge is 0.459 e. The molecular formula is C22H29N5O4. The predicted molar refractivity (Wildman–Crippen MR) is 118 cm³/mol. The topological polar surface area (TPSA) is 104 Å². The molecule has 9 heteroatoms. The van der Waals surface area contributed by atoms with E-state index in [0.717, 1.165) is 50.4 Å². The van der Waals surface area contributed by atoms with E-state index in [1.807, 2.05) is 24.0 Å². The number of hydrogen-bond donors (Lipinski definition) is 1. The molecule has 1 aromatic carbocycles. The summed E-state index contributed by atoms with van der Waals surface area (Å²) >= 11 is 0. The normalized spacial score (nSPS) is 14.5. The van der Waals surface area contributed by atoms with Gasteiger partial charge >= 0.3 is 0 Å². The first-order valence-corrected chi connectivity index (χ1v) is 10.7. The minimum absolute atomic E-state index is 0.0715. The highest BCUT2D eigenvalue weighted by molar-refractivity contribution is 5.91. The molecule has 1 amide bonds. The van der Waals surface area contributed by atoms with Crippen molar-refractivity contribution in [3.05, 3.63) is 64.1 Å². The number of unbranched alkanes of at least 4 members (excludes halogenated alkanes) is 1. The molecule has 0 saturated carbocycles. The summed E-state index contributed by atoms with van der Waals surface area (Å²) in [6.45, 7) is 6.24. The van der Waals surface area contributed by atoms with E-state index in [4.69, 9.17) is 9.41 Å². The average molecular weight is 428 g/mol. The molecule has 166 valence electrons. The van der Waals surface area contributed by atoms with E-state index < -0.39 is 0 Å². The number of guanidine groups is 1. The number of non-ortho nitro benzene ring substituents is 1. The number of amides is 1. The van der Waals surface area contributed by atoms with E-state index in [-0.39, 0.29) is 16.5 Å². The van der Waals surface area contributed by atoms with Crippen molar-refractivity contribution in [2.75, 3.05) is 39.3 Å². The first kappa shape index (κ1) is 22.3. The summed E-state index contributed by atoms with van der Waals surface area (Å²) in [5, 5.41) is 14.1. The third kappa shape index (κ3) is 6.31. The minimum atomic E-state index is -0.381. The molecule has 0 radical (unpaired) electrons. The van der Waals surface area contributed by atoms with Crippen LogP contribution in [-0.4, -0.2) is 65.9 Å². The maximum absolute atomic E-state index is 12.4. The zero-order chi connectivity index (χ0) is 22.1. The number of carbonyl (C=O) groups is 1. The lowest BCUT2D eigenvalue weighted by molar-refractivity contribution is -0.384. The number of benzene rings is 1. The van der Waals surface area contributed by atoms with Gasteiger partial charge in [-0.05, 0) is 43.9 Å². The van der Waals surface area contributed by atoms with Gasteiger partial charge in [0.1, 0.15) is 0 Å². The lowest BCUT2D eigenvalue weighted by atomic mass is 10.1. The quantitative estimate of drug-likeness (QED) is 0.228. The predicted octanol–water partition coefficient (Wildman–Crippen LogP) is 2.93. The Balaban J connectivity index is 1.43. The van der Waals surface area contributed by atoms with Crippen molar-refractivity contribution in [1.29, 1.82) is 0 Å². The molecule has 0 unspecified atom stereocenters. The van der Waals surface area contributed by atoms with Gasteiger partial charge in [-0.15, -0.1) is 0 Å². The summed E-state index contributed by atoms with van der Waals surface area (Å²) in [4.78, 5) is 31.5. The third-order valence-electron chi connectivity index (χ3n) is 5.22. The monoisotopic (exact) mass is 427 g/mol. The van der Waals surface area contributed by atoms with Crippen molar-refractivity contribution in [2.45, 2.75) is 26.2 Å². The summed E-state index contributed by atoms with van der Waals surface area (Å²) in [6.07, 6.45) is 4.29. The first-order chi connectivity index (χ1) is 15.1. The van der Waals surface area contributed by atoms with Gasteiger partial charge in [0.25, 0.3) is 11.6 Å². The smallest absolute Gasteiger partial charge is 0.289 e. The number of nitro groups is 1. The van der Waals surface area contributed by atoms with Gasteiger partial charge in [0.15, 0.2) is 11.7 Å². The summed E-state index contributed by atoms with van der Waals surface area (Å²) in [7, 11) is 0. The Kier molecular flexibility index (Phi) is 8.03. The number of aliphatic imine (C=N–C) groups is 1. The lowest BCUT2D eigenvalue weighted by Gasteiger charge is -2.36. The van der Waals surface area contributed by atoms with Gasteiger partial charge in [-0.3, -0.25) is 19.9 Å². The molecule has 2 aromatic rings. The van der Waals surface area contributed by atoms with Crippen molar-refractivity contribution in [3.8, 4) is 0 Å². The number of carbonyl (C=O) groups excluding carboxylic acids is 1. The number of hydrogen-bond acceptors (Lipinski definition) is 5. The molecule has 0 atom stereocenters. The number of aryl methyl sites for hydroxylation is 1. The van der Waals surface area contributed by atoms with Crippen LogP contribution in [-0.2, 0) is 6.42 Å². The molecular weight excluding hydrogens is 398 g/mol. The fourth-order valence-corrected chi connectivity index (χ4v) is 3.51. The molecule has 1 fully saturated rings. The zero-order valence-corrected chi connectivity index (χ0v) is 17.8. The molecule has 0 aliphatic carbocycles. The van der Waals surface area contributed by atoms with Crippen LogP contribution < -0.4 is 5.32 Å². The van der Waals surface area contributed by atoms with Crippen LogP contribution in [0.25, 0.3) is 0 Å². The Morgan fingerprint density at radius 2 is 1.84 bits per heavy atom. The highest BCUT2D eigenvalue weighted by atomic mass is 16.6. The van der Waals surface area contributed by atoms with Gasteiger partial charge < -0.3 is 19.5 Å². The van der Waals surface area contributed by atoms with E-state index in [1.54, 1.807) is 24.3 Å². The maximum Gasteiger partial charge on any atom is 0.289 e. The number of nitro benzene ring substituents is 1.